The van der Waals surface area contributed by atoms with Crippen LogP contribution in [0.2, 0.25) is 0 Å². The maximum absolute atomic E-state index is 8.70. The van der Waals surface area contributed by atoms with E-state index in [4.69, 9.17) is 5.11 Å². The molecule has 2 heteroatoms. The summed E-state index contributed by atoms with van der Waals surface area (Å²) in [5.74, 6) is 0. The molecule has 0 saturated carbocycles. The number of nitrogens with one attached hydrogen (secondary N) is 1. The molecule has 1 unspecified atom stereocenters. The highest BCUT2D eigenvalue weighted by atomic mass is 16.2. The molecule has 2 nitrogen and oxygen atoms in total. The second kappa shape index (κ2) is 9.20. The zero-order chi connectivity index (χ0) is 12.3. The summed E-state index contributed by atoms with van der Waals surface area (Å²) in [4.78, 5) is 0. The van der Waals surface area contributed by atoms with Gasteiger partial charge in [0.05, 0.1) is 0 Å². The van der Waals surface area contributed by atoms with Crippen LogP contribution in [0.1, 0.15) is 38.2 Å². The predicted octanol–water partition coefficient (Wildman–Crippen LogP) is 2.76. The first-order chi connectivity index (χ1) is 8.36. The van der Waals surface area contributed by atoms with Crippen LogP contribution >= 0.6 is 0 Å². The molecule has 0 aliphatic carbocycles. The molecule has 0 saturated heterocycles. The summed E-state index contributed by atoms with van der Waals surface area (Å²) in [5, 5.41) is 12.3. The van der Waals surface area contributed by atoms with Crippen molar-refractivity contribution in [1.29, 1.82) is 0 Å². The molecule has 0 heterocycles. The van der Waals surface area contributed by atoms with Crippen LogP contribution in [0.5, 0.6) is 0 Å². The van der Waals surface area contributed by atoms with Crippen LogP contribution in [-0.2, 0) is 6.42 Å². The highest BCUT2D eigenvalue weighted by Gasteiger charge is 2.05. The van der Waals surface area contributed by atoms with Gasteiger partial charge in [-0.1, -0.05) is 37.3 Å². The molecule has 2 N–H and O–H groups in total. The molecule has 1 rings (SSSR count). The molecule has 0 spiro atoms. The van der Waals surface area contributed by atoms with Crippen molar-refractivity contribution in [2.24, 2.45) is 0 Å². The van der Waals surface area contributed by atoms with Crippen molar-refractivity contribution >= 4 is 0 Å². The van der Waals surface area contributed by atoms with Crippen LogP contribution in [0.15, 0.2) is 30.3 Å². The van der Waals surface area contributed by atoms with E-state index in [1.54, 1.807) is 0 Å². The van der Waals surface area contributed by atoms with Gasteiger partial charge in [0.15, 0.2) is 0 Å². The van der Waals surface area contributed by atoms with Gasteiger partial charge in [-0.05, 0) is 44.2 Å². The van der Waals surface area contributed by atoms with Gasteiger partial charge in [-0.3, -0.25) is 0 Å². The maximum atomic E-state index is 8.70. The molecule has 1 atom stereocenters. The van der Waals surface area contributed by atoms with Gasteiger partial charge >= 0.3 is 0 Å². The Kier molecular flexibility index (Phi) is 7.69. The van der Waals surface area contributed by atoms with Crippen LogP contribution in [0.25, 0.3) is 0 Å². The molecule has 0 amide bonds. The van der Waals surface area contributed by atoms with Crippen molar-refractivity contribution in [3.63, 3.8) is 0 Å². The third-order valence-corrected chi connectivity index (χ3v) is 3.09. The molecular formula is C15H25NO. The highest BCUT2D eigenvalue weighted by molar-refractivity contribution is 5.15. The molecule has 0 bridgehead atoms. The Hall–Kier alpha value is -0.860. The minimum Gasteiger partial charge on any atom is -0.396 e. The molecule has 1 aromatic carbocycles. The van der Waals surface area contributed by atoms with Crippen LogP contribution in [-0.4, -0.2) is 24.3 Å². The van der Waals surface area contributed by atoms with Gasteiger partial charge in [-0.25, -0.2) is 0 Å². The lowest BCUT2D eigenvalue weighted by molar-refractivity contribution is 0.282. The minimum atomic E-state index is 0.321. The van der Waals surface area contributed by atoms with E-state index in [1.165, 1.54) is 5.56 Å². The van der Waals surface area contributed by atoms with E-state index < -0.39 is 0 Å². The van der Waals surface area contributed by atoms with Crippen molar-refractivity contribution in [2.45, 2.75) is 45.1 Å². The summed E-state index contributed by atoms with van der Waals surface area (Å²) < 4.78 is 0. The number of aliphatic hydroxyl groups excluding tert-OH is 1. The van der Waals surface area contributed by atoms with Crippen LogP contribution in [0.4, 0.5) is 0 Å². The van der Waals surface area contributed by atoms with Gasteiger partial charge in [0.2, 0.25) is 0 Å². The standard InChI is InChI=1S/C15H25NO/c1-2-15(16-11-7-4-8-12-17)13-14-9-5-3-6-10-14/h3,5-6,9-10,15-17H,2,4,7-8,11-13H2,1H3. The topological polar surface area (TPSA) is 32.3 Å². The fourth-order valence-electron chi connectivity index (χ4n) is 1.98. The second-order valence-electron chi connectivity index (χ2n) is 4.53. The molecule has 96 valence electrons. The fraction of sp³-hybridized carbons (Fsp3) is 0.600. The summed E-state index contributed by atoms with van der Waals surface area (Å²) in [6.45, 7) is 3.61. The second-order valence-corrected chi connectivity index (χ2v) is 4.53. The lowest BCUT2D eigenvalue weighted by atomic mass is 10.0. The van der Waals surface area contributed by atoms with Gasteiger partial charge in [0, 0.05) is 12.6 Å². The molecule has 0 aromatic heterocycles. The summed E-state index contributed by atoms with van der Waals surface area (Å²) >= 11 is 0. The van der Waals surface area contributed by atoms with Crippen LogP contribution < -0.4 is 5.32 Å². The normalized spacial score (nSPS) is 12.6. The van der Waals surface area contributed by atoms with Gasteiger partial charge < -0.3 is 10.4 Å². The first kappa shape index (κ1) is 14.2. The number of rotatable bonds is 9. The number of hydrogen-bond donors (Lipinski definition) is 2. The zero-order valence-corrected chi connectivity index (χ0v) is 10.9. The minimum absolute atomic E-state index is 0.321. The average molecular weight is 235 g/mol. The Morgan fingerprint density at radius 1 is 1.12 bits per heavy atom. The summed E-state index contributed by atoms with van der Waals surface area (Å²) in [6, 6.07) is 11.2. The zero-order valence-electron chi connectivity index (χ0n) is 10.9. The third kappa shape index (κ3) is 6.44. The summed E-state index contributed by atoms with van der Waals surface area (Å²) in [7, 11) is 0. The van der Waals surface area contributed by atoms with Crippen LogP contribution in [0, 0.1) is 0 Å². The van der Waals surface area contributed by atoms with E-state index in [0.717, 1.165) is 38.6 Å². The molecule has 17 heavy (non-hydrogen) atoms. The van der Waals surface area contributed by atoms with Gasteiger partial charge in [-0.15, -0.1) is 0 Å². The van der Waals surface area contributed by atoms with Crippen molar-refractivity contribution in [2.75, 3.05) is 13.2 Å². The Labute approximate surface area is 105 Å². The Morgan fingerprint density at radius 3 is 2.53 bits per heavy atom. The van der Waals surface area contributed by atoms with E-state index in [0.29, 0.717) is 12.6 Å². The van der Waals surface area contributed by atoms with Crippen molar-refractivity contribution in [1.82, 2.24) is 5.32 Å². The first-order valence-corrected chi connectivity index (χ1v) is 6.75. The Morgan fingerprint density at radius 2 is 1.88 bits per heavy atom. The highest BCUT2D eigenvalue weighted by Crippen LogP contribution is 2.05. The molecule has 0 fully saturated rings. The van der Waals surface area contributed by atoms with E-state index in [1.807, 2.05) is 0 Å². The number of benzene rings is 1. The van der Waals surface area contributed by atoms with Crippen LogP contribution in [0.3, 0.4) is 0 Å². The monoisotopic (exact) mass is 235 g/mol. The predicted molar refractivity (Wildman–Crippen MR) is 73.2 cm³/mol. The first-order valence-electron chi connectivity index (χ1n) is 6.75. The van der Waals surface area contributed by atoms with Crippen molar-refractivity contribution in [3.8, 4) is 0 Å². The number of hydrogen-bond acceptors (Lipinski definition) is 2. The molecule has 0 radical (unpaired) electrons. The lowest BCUT2D eigenvalue weighted by Gasteiger charge is -2.17. The molecular weight excluding hydrogens is 210 g/mol. The van der Waals surface area contributed by atoms with Gasteiger partial charge in [0.25, 0.3) is 0 Å². The van der Waals surface area contributed by atoms with Crippen molar-refractivity contribution in [3.05, 3.63) is 35.9 Å². The van der Waals surface area contributed by atoms with E-state index in [-0.39, 0.29) is 0 Å². The SMILES string of the molecule is CCC(Cc1ccccc1)NCCCCCO. The third-order valence-electron chi connectivity index (χ3n) is 3.09. The average Bonchev–Trinajstić information content (AvgIpc) is 2.38. The smallest absolute Gasteiger partial charge is 0.0431 e. The molecule has 1 aromatic rings. The quantitative estimate of drug-likeness (QED) is 0.645. The fourth-order valence-corrected chi connectivity index (χ4v) is 1.98. The molecule has 0 aliphatic heterocycles. The lowest BCUT2D eigenvalue weighted by Crippen LogP contribution is -2.31. The summed E-state index contributed by atoms with van der Waals surface area (Å²) in [6.07, 6.45) is 5.47. The largest absolute Gasteiger partial charge is 0.396 e. The van der Waals surface area contributed by atoms with Crippen molar-refractivity contribution < 1.29 is 5.11 Å². The number of unbranched alkanes of at least 4 members (excludes halogenated alkanes) is 2. The van der Waals surface area contributed by atoms with Gasteiger partial charge in [-0.2, -0.15) is 0 Å². The van der Waals surface area contributed by atoms with E-state index >= 15 is 0 Å². The maximum Gasteiger partial charge on any atom is 0.0431 e. The van der Waals surface area contributed by atoms with E-state index in [2.05, 4.69) is 42.6 Å². The summed E-state index contributed by atoms with van der Waals surface area (Å²) in [5.41, 5.74) is 1.40. The molecule has 0 aliphatic rings. The van der Waals surface area contributed by atoms with E-state index in [9.17, 15) is 0 Å². The number of aliphatic hydroxyl groups is 1. The Bertz CT molecular complexity index is 274. The van der Waals surface area contributed by atoms with Gasteiger partial charge in [0.1, 0.15) is 0 Å². The Balaban J connectivity index is 2.20.